The minimum atomic E-state index is -4.35. The van der Waals surface area contributed by atoms with E-state index in [-0.39, 0.29) is 29.4 Å². The van der Waals surface area contributed by atoms with Crippen LogP contribution >= 0.6 is 35.6 Å². The molecule has 3 rings (SSSR count). The number of hydrogen-bond acceptors (Lipinski definition) is 3. The first-order chi connectivity index (χ1) is 10.4. The summed E-state index contributed by atoms with van der Waals surface area (Å²) in [5.74, 6) is 0.723. The van der Waals surface area contributed by atoms with E-state index in [9.17, 15) is 13.2 Å². The van der Waals surface area contributed by atoms with E-state index >= 15 is 0 Å². The van der Waals surface area contributed by atoms with Crippen LogP contribution in [0.5, 0.6) is 0 Å². The van der Waals surface area contributed by atoms with Crippen LogP contribution in [0, 0.1) is 0 Å². The maximum Gasteiger partial charge on any atom is 0.416 e. The Morgan fingerprint density at radius 1 is 1.30 bits per heavy atom. The van der Waals surface area contributed by atoms with Crippen LogP contribution in [0.1, 0.15) is 30.4 Å². The first kappa shape index (κ1) is 18.6. The molecule has 0 saturated heterocycles. The molecule has 0 aromatic heterocycles. The van der Waals surface area contributed by atoms with Crippen LogP contribution in [0.25, 0.3) is 0 Å². The zero-order valence-electron chi connectivity index (χ0n) is 12.3. The van der Waals surface area contributed by atoms with E-state index in [1.54, 1.807) is 0 Å². The first-order valence-electron chi connectivity index (χ1n) is 7.30. The lowest BCUT2D eigenvalue weighted by molar-refractivity contribution is -0.137. The van der Waals surface area contributed by atoms with Crippen molar-refractivity contribution >= 4 is 41.5 Å². The molecule has 1 aromatic carbocycles. The van der Waals surface area contributed by atoms with Gasteiger partial charge in [-0.15, -0.1) is 24.0 Å². The molecule has 0 radical (unpaired) electrons. The summed E-state index contributed by atoms with van der Waals surface area (Å²) < 4.78 is 38.7. The zero-order valence-corrected chi connectivity index (χ0v) is 15.4. The largest absolute Gasteiger partial charge is 0.416 e. The van der Waals surface area contributed by atoms with Gasteiger partial charge < -0.3 is 10.6 Å². The van der Waals surface area contributed by atoms with Crippen LogP contribution in [-0.2, 0) is 11.6 Å². The van der Waals surface area contributed by atoms with Gasteiger partial charge >= 0.3 is 6.18 Å². The maximum absolute atomic E-state index is 12.9. The summed E-state index contributed by atoms with van der Waals surface area (Å²) in [6.07, 6.45) is -1.70. The highest BCUT2D eigenvalue weighted by atomic mass is 127. The molecule has 1 aliphatic heterocycles. The van der Waals surface area contributed by atoms with Gasteiger partial charge in [0.1, 0.15) is 0 Å². The van der Waals surface area contributed by atoms with E-state index in [4.69, 9.17) is 11.6 Å². The van der Waals surface area contributed by atoms with Crippen LogP contribution < -0.4 is 10.6 Å². The highest BCUT2D eigenvalue weighted by Gasteiger charge is 2.46. The Morgan fingerprint density at radius 3 is 2.61 bits per heavy atom. The third kappa shape index (κ3) is 4.23. The van der Waals surface area contributed by atoms with Gasteiger partial charge in [0, 0.05) is 30.1 Å². The standard InChI is InChI=1S/C15H17ClF3N3.HI/c16-12-3-2-10(15(17,18)19)8-11(12)14(4-5-14)9-22-13-20-6-1-7-21-13;/h2-3,8H,1,4-7,9H2,(H2,20,21,22);1H. The molecule has 1 heterocycles. The topological polar surface area (TPSA) is 36.4 Å². The molecule has 1 aliphatic carbocycles. The van der Waals surface area contributed by atoms with Crippen molar-refractivity contribution < 1.29 is 13.2 Å². The third-order valence-electron chi connectivity index (χ3n) is 4.21. The van der Waals surface area contributed by atoms with Gasteiger partial charge in [-0.2, -0.15) is 13.2 Å². The number of alkyl halides is 3. The van der Waals surface area contributed by atoms with Crippen LogP contribution in [0.2, 0.25) is 5.02 Å². The van der Waals surface area contributed by atoms with Crippen molar-refractivity contribution in [2.45, 2.75) is 30.9 Å². The summed E-state index contributed by atoms with van der Waals surface area (Å²) in [4.78, 5) is 4.31. The summed E-state index contributed by atoms with van der Waals surface area (Å²) in [6.45, 7) is 2.18. The highest BCUT2D eigenvalue weighted by Crippen LogP contribution is 2.51. The molecule has 0 spiro atoms. The Bertz CT molecular complexity index is 600. The monoisotopic (exact) mass is 459 g/mol. The molecule has 0 unspecified atom stereocenters. The molecular formula is C15H18ClF3IN3. The van der Waals surface area contributed by atoms with E-state index < -0.39 is 11.7 Å². The second-order valence-electron chi connectivity index (χ2n) is 5.84. The predicted octanol–water partition coefficient (Wildman–Crippen LogP) is 3.95. The molecule has 2 aliphatic rings. The van der Waals surface area contributed by atoms with Crippen molar-refractivity contribution in [1.29, 1.82) is 0 Å². The van der Waals surface area contributed by atoms with Crippen molar-refractivity contribution in [1.82, 2.24) is 10.6 Å². The van der Waals surface area contributed by atoms with Crippen LogP contribution in [-0.4, -0.2) is 25.6 Å². The normalized spacial score (nSPS) is 19.2. The number of guanidine groups is 1. The number of rotatable bonds is 3. The minimum Gasteiger partial charge on any atom is -0.356 e. The van der Waals surface area contributed by atoms with Crippen molar-refractivity contribution in [3.63, 3.8) is 0 Å². The zero-order chi connectivity index (χ0) is 15.8. The van der Waals surface area contributed by atoms with Crippen LogP contribution in [0.3, 0.4) is 0 Å². The van der Waals surface area contributed by atoms with E-state index in [1.165, 1.54) is 12.1 Å². The predicted molar refractivity (Wildman–Crippen MR) is 95.7 cm³/mol. The Labute approximate surface area is 155 Å². The number of aliphatic imine (C=N–C) groups is 1. The molecule has 0 atom stereocenters. The lowest BCUT2D eigenvalue weighted by Gasteiger charge is -2.22. The number of benzene rings is 1. The van der Waals surface area contributed by atoms with Gasteiger partial charge in [-0.1, -0.05) is 11.6 Å². The molecule has 23 heavy (non-hydrogen) atoms. The number of nitrogens with one attached hydrogen (secondary N) is 2. The van der Waals surface area contributed by atoms with Gasteiger partial charge in [-0.05, 0) is 43.0 Å². The molecule has 2 N–H and O–H groups in total. The van der Waals surface area contributed by atoms with E-state index in [2.05, 4.69) is 15.6 Å². The van der Waals surface area contributed by atoms with Gasteiger partial charge in [-0.3, -0.25) is 4.99 Å². The molecule has 0 amide bonds. The average Bonchev–Trinajstić information content (AvgIpc) is 3.26. The van der Waals surface area contributed by atoms with Gasteiger partial charge in [-0.25, -0.2) is 0 Å². The summed E-state index contributed by atoms with van der Waals surface area (Å²) in [5.41, 5.74) is -0.390. The van der Waals surface area contributed by atoms with Gasteiger partial charge in [0.05, 0.1) is 5.56 Å². The van der Waals surface area contributed by atoms with Gasteiger partial charge in [0.15, 0.2) is 5.96 Å². The third-order valence-corrected chi connectivity index (χ3v) is 4.54. The van der Waals surface area contributed by atoms with Gasteiger partial charge in [0.25, 0.3) is 0 Å². The van der Waals surface area contributed by atoms with Crippen molar-refractivity contribution in [2.24, 2.45) is 4.99 Å². The quantitative estimate of drug-likeness (QED) is 0.672. The second-order valence-corrected chi connectivity index (χ2v) is 6.24. The SMILES string of the molecule is FC(F)(F)c1ccc(Cl)c(C2(CNC3=NCCCN3)CC2)c1.I. The number of halogens is 5. The Balaban J connectivity index is 0.00000192. The molecule has 128 valence electrons. The fourth-order valence-electron chi connectivity index (χ4n) is 2.70. The molecule has 0 bridgehead atoms. The Hall–Kier alpha value is -0.700. The van der Waals surface area contributed by atoms with Crippen molar-refractivity contribution in [3.05, 3.63) is 34.3 Å². The lowest BCUT2D eigenvalue weighted by Crippen LogP contribution is -2.43. The molecule has 8 heteroatoms. The second kappa shape index (κ2) is 7.04. The van der Waals surface area contributed by atoms with Crippen LogP contribution in [0.4, 0.5) is 13.2 Å². The fraction of sp³-hybridized carbons (Fsp3) is 0.533. The van der Waals surface area contributed by atoms with Crippen molar-refractivity contribution in [2.75, 3.05) is 19.6 Å². The lowest BCUT2D eigenvalue weighted by atomic mass is 9.94. The smallest absolute Gasteiger partial charge is 0.356 e. The van der Waals surface area contributed by atoms with Crippen molar-refractivity contribution in [3.8, 4) is 0 Å². The van der Waals surface area contributed by atoms with E-state index in [1.807, 2.05) is 0 Å². The molecular weight excluding hydrogens is 442 g/mol. The number of nitrogens with zero attached hydrogens (tertiary/aromatic N) is 1. The summed E-state index contributed by atoms with van der Waals surface area (Å²) in [7, 11) is 0. The Morgan fingerprint density at radius 2 is 2.04 bits per heavy atom. The van der Waals surface area contributed by atoms with E-state index in [0.29, 0.717) is 17.1 Å². The first-order valence-corrected chi connectivity index (χ1v) is 7.68. The Kier molecular flexibility index (Phi) is 5.71. The molecule has 1 fully saturated rings. The van der Waals surface area contributed by atoms with Crippen LogP contribution in [0.15, 0.2) is 23.2 Å². The minimum absolute atomic E-state index is 0. The molecule has 3 nitrogen and oxygen atoms in total. The highest BCUT2D eigenvalue weighted by molar-refractivity contribution is 14.0. The molecule has 1 aromatic rings. The summed E-state index contributed by atoms with van der Waals surface area (Å²) in [6, 6.07) is 3.56. The van der Waals surface area contributed by atoms with E-state index in [0.717, 1.165) is 44.4 Å². The van der Waals surface area contributed by atoms with Gasteiger partial charge in [0.2, 0.25) is 0 Å². The summed E-state index contributed by atoms with van der Waals surface area (Å²) in [5, 5.41) is 6.75. The fourth-order valence-corrected chi connectivity index (χ4v) is 3.02. The number of hydrogen-bond donors (Lipinski definition) is 2. The average molecular weight is 460 g/mol. The molecule has 1 saturated carbocycles. The summed E-state index contributed by atoms with van der Waals surface area (Å²) >= 11 is 6.15. The maximum atomic E-state index is 12.9.